The van der Waals surface area contributed by atoms with Crippen molar-refractivity contribution in [2.75, 3.05) is 12.1 Å². The zero-order valence-electron chi connectivity index (χ0n) is 15.1. The smallest absolute Gasteiger partial charge is 0.231 e. The number of ether oxygens (including phenoxy) is 2. The van der Waals surface area contributed by atoms with Crippen molar-refractivity contribution in [2.24, 2.45) is 0 Å². The van der Waals surface area contributed by atoms with Crippen molar-refractivity contribution in [3.05, 3.63) is 58.7 Å². The number of fused-ring (bicyclic) bond motifs is 1. The second kappa shape index (κ2) is 6.61. The van der Waals surface area contributed by atoms with Gasteiger partial charge < -0.3 is 14.8 Å². The van der Waals surface area contributed by atoms with E-state index in [4.69, 9.17) is 14.5 Å². The summed E-state index contributed by atoms with van der Waals surface area (Å²) in [4.78, 5) is 10.4. The van der Waals surface area contributed by atoms with E-state index in [1.807, 2.05) is 24.3 Å². The lowest BCUT2D eigenvalue weighted by atomic mass is 9.90. The highest BCUT2D eigenvalue weighted by molar-refractivity contribution is 7.15. The third-order valence-electron chi connectivity index (χ3n) is 4.11. The molecule has 1 aliphatic rings. The second-order valence-corrected chi connectivity index (χ2v) is 8.33. The first-order valence-electron chi connectivity index (χ1n) is 8.56. The zero-order chi connectivity index (χ0) is 18.1. The van der Waals surface area contributed by atoms with Gasteiger partial charge in [0, 0.05) is 22.9 Å². The molecule has 0 saturated carbocycles. The molecule has 1 aromatic carbocycles. The summed E-state index contributed by atoms with van der Waals surface area (Å²) in [6.45, 7) is 6.87. The molecule has 0 saturated heterocycles. The molecular formula is C20H21N3O2S. The molecule has 4 rings (SSSR count). The van der Waals surface area contributed by atoms with Crippen molar-refractivity contribution in [1.82, 2.24) is 9.97 Å². The van der Waals surface area contributed by atoms with Gasteiger partial charge in [0.15, 0.2) is 16.6 Å². The SMILES string of the molecule is CC(C)(C)c1nc(Nc2ccccn2)sc1Cc1ccc2c(c1)OCO2. The minimum absolute atomic E-state index is 0.0355. The predicted octanol–water partition coefficient (Wildman–Crippen LogP) is 4.90. The summed E-state index contributed by atoms with van der Waals surface area (Å²) in [5, 5.41) is 4.18. The Bertz CT molecular complexity index is 917. The fourth-order valence-electron chi connectivity index (χ4n) is 2.89. The number of pyridine rings is 1. The number of nitrogens with one attached hydrogen (secondary N) is 1. The summed E-state index contributed by atoms with van der Waals surface area (Å²) in [6, 6.07) is 11.9. The summed E-state index contributed by atoms with van der Waals surface area (Å²) < 4.78 is 10.9. The standard InChI is InChI=1S/C20H21N3O2S/c1-20(2,3)18-16(11-13-7-8-14-15(10-13)25-12-24-14)26-19(23-18)22-17-6-4-5-9-21-17/h4-10H,11-12H2,1-3H3,(H,21,22,23). The molecule has 0 unspecified atom stereocenters. The highest BCUT2D eigenvalue weighted by atomic mass is 32.1. The van der Waals surface area contributed by atoms with Crippen molar-refractivity contribution in [2.45, 2.75) is 32.6 Å². The molecule has 2 aromatic heterocycles. The number of anilines is 2. The number of benzene rings is 1. The molecule has 0 atom stereocenters. The molecular weight excluding hydrogens is 346 g/mol. The van der Waals surface area contributed by atoms with Crippen LogP contribution in [0.5, 0.6) is 11.5 Å². The largest absolute Gasteiger partial charge is 0.454 e. The number of hydrogen-bond acceptors (Lipinski definition) is 6. The van der Waals surface area contributed by atoms with Gasteiger partial charge in [-0.05, 0) is 29.8 Å². The molecule has 26 heavy (non-hydrogen) atoms. The van der Waals surface area contributed by atoms with E-state index in [0.29, 0.717) is 6.79 Å². The van der Waals surface area contributed by atoms with Crippen LogP contribution in [0.3, 0.4) is 0 Å². The monoisotopic (exact) mass is 367 g/mol. The third-order valence-corrected chi connectivity index (χ3v) is 5.08. The minimum Gasteiger partial charge on any atom is -0.454 e. The van der Waals surface area contributed by atoms with Gasteiger partial charge in [-0.25, -0.2) is 9.97 Å². The van der Waals surface area contributed by atoms with Crippen LogP contribution in [0.4, 0.5) is 10.9 Å². The van der Waals surface area contributed by atoms with E-state index in [1.54, 1.807) is 17.5 Å². The Morgan fingerprint density at radius 2 is 1.96 bits per heavy atom. The highest BCUT2D eigenvalue weighted by Crippen LogP contribution is 2.37. The van der Waals surface area contributed by atoms with E-state index in [1.165, 1.54) is 10.4 Å². The van der Waals surface area contributed by atoms with Gasteiger partial charge in [0.05, 0.1) is 5.69 Å². The first-order chi connectivity index (χ1) is 12.5. The number of hydrogen-bond donors (Lipinski definition) is 1. The maximum atomic E-state index is 5.50. The Kier molecular flexibility index (Phi) is 4.28. The lowest BCUT2D eigenvalue weighted by molar-refractivity contribution is 0.174. The van der Waals surface area contributed by atoms with Crippen LogP contribution in [0.15, 0.2) is 42.6 Å². The number of aromatic nitrogens is 2. The Hall–Kier alpha value is -2.60. The molecule has 1 N–H and O–H groups in total. The second-order valence-electron chi connectivity index (χ2n) is 7.25. The Morgan fingerprint density at radius 1 is 1.12 bits per heavy atom. The minimum atomic E-state index is -0.0355. The van der Waals surface area contributed by atoms with Gasteiger partial charge in [-0.3, -0.25) is 0 Å². The normalized spacial score (nSPS) is 13.0. The van der Waals surface area contributed by atoms with E-state index in [-0.39, 0.29) is 5.41 Å². The fourth-order valence-corrected chi connectivity index (χ4v) is 4.11. The van der Waals surface area contributed by atoms with E-state index in [2.05, 4.69) is 43.2 Å². The molecule has 0 aliphatic carbocycles. The van der Waals surface area contributed by atoms with E-state index < -0.39 is 0 Å². The Morgan fingerprint density at radius 3 is 2.73 bits per heavy atom. The molecule has 0 radical (unpaired) electrons. The lowest BCUT2D eigenvalue weighted by Gasteiger charge is -2.17. The van der Waals surface area contributed by atoms with Gasteiger partial charge in [-0.2, -0.15) is 0 Å². The Labute approximate surface area is 157 Å². The molecule has 3 aromatic rings. The van der Waals surface area contributed by atoms with Gasteiger partial charge in [0.2, 0.25) is 6.79 Å². The molecule has 0 amide bonds. The first-order valence-corrected chi connectivity index (χ1v) is 9.37. The van der Waals surface area contributed by atoms with Crippen LogP contribution in [0.2, 0.25) is 0 Å². The van der Waals surface area contributed by atoms with E-state index in [9.17, 15) is 0 Å². The number of rotatable bonds is 4. The van der Waals surface area contributed by atoms with E-state index >= 15 is 0 Å². The predicted molar refractivity (Wildman–Crippen MR) is 104 cm³/mol. The van der Waals surface area contributed by atoms with Gasteiger partial charge in [0.1, 0.15) is 5.82 Å². The molecule has 5 nitrogen and oxygen atoms in total. The van der Waals surface area contributed by atoms with Gasteiger partial charge >= 0.3 is 0 Å². The van der Waals surface area contributed by atoms with Crippen molar-refractivity contribution >= 4 is 22.3 Å². The van der Waals surface area contributed by atoms with Gasteiger partial charge in [-0.1, -0.05) is 32.9 Å². The number of thiazole rings is 1. The number of nitrogens with zero attached hydrogens (tertiary/aromatic N) is 2. The summed E-state index contributed by atoms with van der Waals surface area (Å²) in [6.07, 6.45) is 2.58. The molecule has 134 valence electrons. The van der Waals surface area contributed by atoms with Crippen LogP contribution < -0.4 is 14.8 Å². The highest BCUT2D eigenvalue weighted by Gasteiger charge is 2.24. The van der Waals surface area contributed by atoms with Crippen molar-refractivity contribution in [1.29, 1.82) is 0 Å². The summed E-state index contributed by atoms with van der Waals surface area (Å²) in [5.74, 6) is 2.43. The molecule has 0 fully saturated rings. The first kappa shape index (κ1) is 16.8. The van der Waals surface area contributed by atoms with Crippen LogP contribution >= 0.6 is 11.3 Å². The molecule has 0 bridgehead atoms. The van der Waals surface area contributed by atoms with Crippen LogP contribution in [0.25, 0.3) is 0 Å². The molecule has 3 heterocycles. The molecule has 0 spiro atoms. The van der Waals surface area contributed by atoms with Crippen molar-refractivity contribution in [3.63, 3.8) is 0 Å². The topological polar surface area (TPSA) is 56.3 Å². The summed E-state index contributed by atoms with van der Waals surface area (Å²) in [5.41, 5.74) is 2.26. The van der Waals surface area contributed by atoms with Crippen molar-refractivity contribution < 1.29 is 9.47 Å². The lowest BCUT2D eigenvalue weighted by Crippen LogP contribution is -2.14. The maximum Gasteiger partial charge on any atom is 0.231 e. The van der Waals surface area contributed by atoms with Crippen LogP contribution in [-0.2, 0) is 11.8 Å². The quantitative estimate of drug-likeness (QED) is 0.711. The van der Waals surface area contributed by atoms with Gasteiger partial charge in [-0.15, -0.1) is 11.3 Å². The average Bonchev–Trinajstić information content (AvgIpc) is 3.22. The van der Waals surface area contributed by atoms with Crippen molar-refractivity contribution in [3.8, 4) is 11.5 Å². The summed E-state index contributed by atoms with van der Waals surface area (Å²) in [7, 11) is 0. The van der Waals surface area contributed by atoms with Crippen LogP contribution in [0.1, 0.15) is 36.9 Å². The van der Waals surface area contributed by atoms with E-state index in [0.717, 1.165) is 34.6 Å². The average molecular weight is 367 g/mol. The fraction of sp³-hybridized carbons (Fsp3) is 0.300. The molecule has 1 aliphatic heterocycles. The zero-order valence-corrected chi connectivity index (χ0v) is 15.9. The maximum absolute atomic E-state index is 5.50. The molecule has 6 heteroatoms. The third kappa shape index (κ3) is 3.51. The van der Waals surface area contributed by atoms with Gasteiger partial charge in [0.25, 0.3) is 0 Å². The van der Waals surface area contributed by atoms with Crippen LogP contribution in [0, 0.1) is 0 Å². The Balaban J connectivity index is 1.63. The van der Waals surface area contributed by atoms with Crippen LogP contribution in [-0.4, -0.2) is 16.8 Å². The summed E-state index contributed by atoms with van der Waals surface area (Å²) >= 11 is 1.68.